The topological polar surface area (TPSA) is 78.5 Å². The third-order valence-corrected chi connectivity index (χ3v) is 1.47. The zero-order valence-electron chi connectivity index (χ0n) is 8.96. The first kappa shape index (κ1) is 16.8. The molecule has 14 heavy (non-hydrogen) atoms. The molecule has 0 saturated heterocycles. The van der Waals surface area contributed by atoms with Crippen molar-refractivity contribution in [3.05, 3.63) is 0 Å². The average Bonchev–Trinajstić information content (AvgIpc) is 1.81. The van der Waals surface area contributed by atoms with Crippen molar-refractivity contribution in [2.24, 2.45) is 0 Å². The van der Waals surface area contributed by atoms with Gasteiger partial charge in [-0.15, -0.1) is 0 Å². The molecule has 5 nitrogen and oxygen atoms in total. The molecule has 0 radical (unpaired) electrons. The minimum Gasteiger partial charge on any atom is -0.772 e. The molecule has 0 bridgehead atoms. The van der Waals surface area contributed by atoms with Gasteiger partial charge in [0.1, 0.15) is 5.60 Å². The summed E-state index contributed by atoms with van der Waals surface area (Å²) in [4.78, 5) is 10.9. The van der Waals surface area contributed by atoms with E-state index in [1.165, 1.54) is 0 Å². The minimum atomic E-state index is -2.13. The van der Waals surface area contributed by atoms with Crippen LogP contribution >= 0.6 is 0 Å². The second-order valence-corrected chi connectivity index (χ2v) is 4.45. The van der Waals surface area contributed by atoms with Crippen LogP contribution in [-0.4, -0.2) is 32.8 Å². The monoisotopic (exact) mass is 231 g/mol. The fourth-order valence-corrected chi connectivity index (χ4v) is 0.819. The number of rotatable bonds is 3. The predicted octanol–water partition coefficient (Wildman–Crippen LogP) is -2.61. The van der Waals surface area contributed by atoms with Crippen LogP contribution in [0, 0.1) is 0 Å². The van der Waals surface area contributed by atoms with E-state index in [0.29, 0.717) is 0 Å². The molecule has 1 atom stereocenters. The Hall–Kier alpha value is 0.380. The summed E-state index contributed by atoms with van der Waals surface area (Å²) in [5.41, 5.74) is -0.555. The molecule has 0 spiro atoms. The van der Waals surface area contributed by atoms with Gasteiger partial charge < -0.3 is 14.6 Å². The van der Waals surface area contributed by atoms with Crippen molar-refractivity contribution in [2.45, 2.75) is 26.4 Å². The van der Waals surface area contributed by atoms with E-state index >= 15 is 0 Å². The molecule has 7 heteroatoms. The third-order valence-electron chi connectivity index (χ3n) is 0.937. The van der Waals surface area contributed by atoms with Crippen molar-refractivity contribution in [2.75, 3.05) is 12.3 Å². The Morgan fingerprint density at radius 2 is 2.00 bits per heavy atom. The number of carbonyl (C=O) groups is 1. The minimum absolute atomic E-state index is 0. The SMILES string of the molecule is CC(C)(C)OC(=O)NCCS(=O)[O-].[Na+]. The van der Waals surface area contributed by atoms with Gasteiger partial charge >= 0.3 is 35.7 Å². The summed E-state index contributed by atoms with van der Waals surface area (Å²) >= 11 is -2.13. The number of carbonyl (C=O) groups excluding carboxylic acids is 1. The van der Waals surface area contributed by atoms with Crippen LogP contribution in [0.3, 0.4) is 0 Å². The molecule has 0 aromatic heterocycles. The van der Waals surface area contributed by atoms with Crippen LogP contribution in [0.1, 0.15) is 20.8 Å². The quantitative estimate of drug-likeness (QED) is 0.426. The molecular formula is C7H14NNaO4S. The van der Waals surface area contributed by atoms with Gasteiger partial charge in [-0.1, -0.05) is 11.1 Å². The zero-order valence-corrected chi connectivity index (χ0v) is 11.8. The van der Waals surface area contributed by atoms with Crippen molar-refractivity contribution in [3.63, 3.8) is 0 Å². The largest absolute Gasteiger partial charge is 1.00 e. The third kappa shape index (κ3) is 12.4. The van der Waals surface area contributed by atoms with Crippen molar-refractivity contribution >= 4 is 17.2 Å². The molecule has 0 fully saturated rings. The van der Waals surface area contributed by atoms with E-state index in [9.17, 15) is 13.6 Å². The maximum absolute atomic E-state index is 10.9. The van der Waals surface area contributed by atoms with Gasteiger partial charge in [0.05, 0.1) is 0 Å². The van der Waals surface area contributed by atoms with E-state index < -0.39 is 22.8 Å². The second-order valence-electron chi connectivity index (χ2n) is 3.44. The first-order valence-corrected chi connectivity index (χ1v) is 5.08. The van der Waals surface area contributed by atoms with Crippen molar-refractivity contribution in [3.8, 4) is 0 Å². The van der Waals surface area contributed by atoms with Crippen molar-refractivity contribution in [1.82, 2.24) is 5.32 Å². The van der Waals surface area contributed by atoms with Crippen molar-refractivity contribution < 1.29 is 47.9 Å². The molecule has 0 heterocycles. The number of hydrogen-bond donors (Lipinski definition) is 1. The maximum atomic E-state index is 10.9. The van der Waals surface area contributed by atoms with Gasteiger partial charge in [0, 0.05) is 12.3 Å². The van der Waals surface area contributed by atoms with Crippen LogP contribution in [0.2, 0.25) is 0 Å². The van der Waals surface area contributed by atoms with Crippen molar-refractivity contribution in [1.29, 1.82) is 0 Å². The molecule has 0 aromatic rings. The fraction of sp³-hybridized carbons (Fsp3) is 0.857. The van der Waals surface area contributed by atoms with E-state index in [4.69, 9.17) is 4.74 Å². The van der Waals surface area contributed by atoms with E-state index in [2.05, 4.69) is 5.32 Å². The molecule has 0 rings (SSSR count). The molecule has 0 saturated carbocycles. The van der Waals surface area contributed by atoms with E-state index in [1.807, 2.05) is 0 Å². The summed E-state index contributed by atoms with van der Waals surface area (Å²) in [5, 5.41) is 2.32. The Kier molecular flexibility index (Phi) is 9.17. The van der Waals surface area contributed by atoms with E-state index in [1.54, 1.807) is 20.8 Å². The summed E-state index contributed by atoms with van der Waals surface area (Å²) in [6.07, 6.45) is -0.599. The molecule has 1 N–H and O–H groups in total. The molecule has 1 unspecified atom stereocenters. The number of nitrogens with one attached hydrogen (secondary N) is 1. The predicted molar refractivity (Wildman–Crippen MR) is 48.0 cm³/mol. The maximum Gasteiger partial charge on any atom is 1.00 e. The Bertz CT molecular complexity index is 204. The number of alkyl carbamates (subject to hydrolysis) is 1. The second kappa shape index (κ2) is 7.64. The first-order valence-electron chi connectivity index (χ1n) is 3.84. The van der Waals surface area contributed by atoms with Crippen LogP contribution in [-0.2, 0) is 15.8 Å². The van der Waals surface area contributed by atoms with Gasteiger partial charge in [-0.25, -0.2) is 4.79 Å². The van der Waals surface area contributed by atoms with Crippen LogP contribution in [0.5, 0.6) is 0 Å². The van der Waals surface area contributed by atoms with Crippen LogP contribution < -0.4 is 34.9 Å². The van der Waals surface area contributed by atoms with Crippen LogP contribution in [0.25, 0.3) is 0 Å². The van der Waals surface area contributed by atoms with Gasteiger partial charge in [-0.05, 0) is 20.8 Å². The summed E-state index contributed by atoms with van der Waals surface area (Å²) in [6.45, 7) is 5.28. The van der Waals surface area contributed by atoms with E-state index in [0.717, 1.165) is 0 Å². The first-order chi connectivity index (χ1) is 5.81. The average molecular weight is 231 g/mol. The Balaban J connectivity index is 0. The number of amides is 1. The Morgan fingerprint density at radius 3 is 2.36 bits per heavy atom. The fourth-order valence-electron chi connectivity index (χ4n) is 0.551. The summed E-state index contributed by atoms with van der Waals surface area (Å²) in [5.74, 6) is -0.0980. The normalized spacial score (nSPS) is 12.6. The molecule has 0 aromatic carbocycles. The molecule has 1 amide bonds. The molecule has 78 valence electrons. The molecule has 0 aliphatic rings. The van der Waals surface area contributed by atoms with Gasteiger partial charge in [0.2, 0.25) is 0 Å². The number of hydrogen-bond acceptors (Lipinski definition) is 4. The van der Waals surface area contributed by atoms with Crippen LogP contribution in [0.4, 0.5) is 4.79 Å². The van der Waals surface area contributed by atoms with Gasteiger partial charge in [-0.3, -0.25) is 4.21 Å². The van der Waals surface area contributed by atoms with Gasteiger partial charge in [0.15, 0.2) is 0 Å². The number of ether oxygens (including phenoxy) is 1. The van der Waals surface area contributed by atoms with Gasteiger partial charge in [0.25, 0.3) is 0 Å². The molecule has 0 aliphatic carbocycles. The van der Waals surface area contributed by atoms with Crippen LogP contribution in [0.15, 0.2) is 0 Å². The van der Waals surface area contributed by atoms with E-state index in [-0.39, 0.29) is 41.9 Å². The standard InChI is InChI=1S/C7H15NO4S.Na/c1-7(2,3)12-6(9)8-4-5-13(10)11;/h4-5H2,1-3H3,(H,8,9)(H,10,11);/q;+1/p-1. The molecule has 0 aliphatic heterocycles. The Morgan fingerprint density at radius 1 is 1.50 bits per heavy atom. The molecular weight excluding hydrogens is 217 g/mol. The summed E-state index contributed by atoms with van der Waals surface area (Å²) in [6, 6.07) is 0. The zero-order chi connectivity index (χ0) is 10.5. The van der Waals surface area contributed by atoms with Gasteiger partial charge in [-0.2, -0.15) is 0 Å². The summed E-state index contributed by atoms with van der Waals surface area (Å²) in [7, 11) is 0. The Labute approximate surface area is 109 Å². The summed E-state index contributed by atoms with van der Waals surface area (Å²) < 4.78 is 25.0. The smallest absolute Gasteiger partial charge is 0.772 e.